The fraction of sp³-hybridized carbons (Fsp3) is 0.360. The van der Waals surface area contributed by atoms with Crippen molar-refractivity contribution < 1.29 is 0 Å². The van der Waals surface area contributed by atoms with E-state index in [1.54, 1.807) is 10.6 Å². The highest BCUT2D eigenvalue weighted by atomic mass is 32.1. The van der Waals surface area contributed by atoms with Crippen LogP contribution in [0.3, 0.4) is 0 Å². The minimum absolute atomic E-state index is 0.0239. The smallest absolute Gasteiger partial charge is 0.373 e. The summed E-state index contributed by atoms with van der Waals surface area (Å²) < 4.78 is 1.63. The van der Waals surface area contributed by atoms with Crippen molar-refractivity contribution in [2.75, 3.05) is 18.0 Å². The molecule has 0 atom stereocenters. The van der Waals surface area contributed by atoms with E-state index < -0.39 is 0 Å². The number of hydrogen-bond donors (Lipinski definition) is 0. The van der Waals surface area contributed by atoms with E-state index in [4.69, 9.17) is 18.1 Å². The first-order valence-corrected chi connectivity index (χ1v) is 11.8. The van der Waals surface area contributed by atoms with Crippen LogP contribution in [0.15, 0.2) is 41.1 Å². The molecule has 8 nitrogen and oxygen atoms in total. The standard InChI is InChI=1S/C25H28N8S/c1-9-17-12-14-18(15-13-17)16-33-21(27-8)20(26-7)29-23(33)31-30-22-19(25(4,5)6)28-24(34-22)32(10-2)11-3/h9,12-15H,1,10-11,16H2,2-6H3/b31-30+. The van der Waals surface area contributed by atoms with Gasteiger partial charge in [0.1, 0.15) is 6.54 Å². The molecule has 2 aromatic heterocycles. The second-order valence-corrected chi connectivity index (χ2v) is 9.54. The van der Waals surface area contributed by atoms with Crippen LogP contribution < -0.4 is 4.90 Å². The predicted molar refractivity (Wildman–Crippen MR) is 139 cm³/mol. The van der Waals surface area contributed by atoms with Crippen LogP contribution in [-0.2, 0) is 12.0 Å². The fourth-order valence-electron chi connectivity index (χ4n) is 3.35. The van der Waals surface area contributed by atoms with Crippen LogP contribution in [0.5, 0.6) is 0 Å². The van der Waals surface area contributed by atoms with Gasteiger partial charge in [-0.05, 0) is 25.0 Å². The Balaban J connectivity index is 2.06. The highest BCUT2D eigenvalue weighted by Crippen LogP contribution is 2.41. The van der Waals surface area contributed by atoms with E-state index in [0.717, 1.165) is 35.0 Å². The lowest BCUT2D eigenvalue weighted by Gasteiger charge is -2.18. The molecule has 0 aliphatic rings. The molecule has 0 saturated heterocycles. The summed E-state index contributed by atoms with van der Waals surface area (Å²) in [5, 5.41) is 10.5. The molecule has 0 unspecified atom stereocenters. The van der Waals surface area contributed by atoms with E-state index in [1.165, 1.54) is 11.3 Å². The minimum atomic E-state index is -0.220. The zero-order chi connectivity index (χ0) is 24.9. The Bertz CT molecular complexity index is 1270. The van der Waals surface area contributed by atoms with Gasteiger partial charge in [-0.1, -0.05) is 92.3 Å². The third kappa shape index (κ3) is 5.22. The van der Waals surface area contributed by atoms with Crippen molar-refractivity contribution >= 4 is 45.1 Å². The number of anilines is 1. The predicted octanol–water partition coefficient (Wildman–Crippen LogP) is 7.69. The van der Waals surface area contributed by atoms with Gasteiger partial charge in [0, 0.05) is 18.5 Å². The molecule has 0 amide bonds. The molecule has 0 N–H and O–H groups in total. The lowest BCUT2D eigenvalue weighted by molar-refractivity contribution is 0.573. The van der Waals surface area contributed by atoms with Crippen molar-refractivity contribution in [1.29, 1.82) is 0 Å². The van der Waals surface area contributed by atoms with E-state index in [9.17, 15) is 0 Å². The summed E-state index contributed by atoms with van der Waals surface area (Å²) in [5.41, 5.74) is 2.60. The van der Waals surface area contributed by atoms with Gasteiger partial charge in [-0.3, -0.25) is 0 Å². The van der Waals surface area contributed by atoms with Crippen LogP contribution in [0.2, 0.25) is 0 Å². The van der Waals surface area contributed by atoms with Crippen molar-refractivity contribution in [1.82, 2.24) is 14.5 Å². The van der Waals surface area contributed by atoms with E-state index in [-0.39, 0.29) is 23.0 Å². The second kappa shape index (κ2) is 10.4. The molecule has 3 rings (SSSR count). The van der Waals surface area contributed by atoms with Gasteiger partial charge < -0.3 is 14.6 Å². The van der Waals surface area contributed by atoms with Gasteiger partial charge in [0.15, 0.2) is 10.1 Å². The quantitative estimate of drug-likeness (QED) is 0.249. The summed E-state index contributed by atoms with van der Waals surface area (Å²) in [6.07, 6.45) is 1.77. The van der Waals surface area contributed by atoms with Crippen LogP contribution in [0.4, 0.5) is 27.7 Å². The van der Waals surface area contributed by atoms with Crippen LogP contribution in [0.25, 0.3) is 15.8 Å². The first-order valence-electron chi connectivity index (χ1n) is 11.0. The summed E-state index contributed by atoms with van der Waals surface area (Å²) in [6.45, 7) is 31.3. The maximum absolute atomic E-state index is 7.60. The van der Waals surface area contributed by atoms with Crippen molar-refractivity contribution in [2.45, 2.75) is 46.6 Å². The average Bonchev–Trinajstić information content (AvgIpc) is 3.40. The van der Waals surface area contributed by atoms with E-state index >= 15 is 0 Å². The Kier molecular flexibility index (Phi) is 7.60. The van der Waals surface area contributed by atoms with Crippen LogP contribution in [0, 0.1) is 13.1 Å². The molecule has 0 bridgehead atoms. The Hall–Kier alpha value is -3.82. The molecular weight excluding hydrogens is 444 g/mol. The monoisotopic (exact) mass is 472 g/mol. The highest BCUT2D eigenvalue weighted by molar-refractivity contribution is 7.19. The first kappa shape index (κ1) is 24.8. The van der Waals surface area contributed by atoms with E-state index in [2.05, 4.69) is 71.0 Å². The van der Waals surface area contributed by atoms with E-state index in [1.807, 2.05) is 24.3 Å². The van der Waals surface area contributed by atoms with Gasteiger partial charge >= 0.3 is 5.95 Å². The Morgan fingerprint density at radius 3 is 2.29 bits per heavy atom. The maximum Gasteiger partial charge on any atom is 0.417 e. The lowest BCUT2D eigenvalue weighted by atomic mass is 9.93. The zero-order valence-electron chi connectivity index (χ0n) is 20.2. The zero-order valence-corrected chi connectivity index (χ0v) is 21.0. The third-order valence-corrected chi connectivity index (χ3v) is 6.24. The second-order valence-electron chi connectivity index (χ2n) is 8.59. The molecule has 0 saturated carbocycles. The van der Waals surface area contributed by atoms with Crippen molar-refractivity contribution in [2.24, 2.45) is 10.2 Å². The molecular formula is C25H28N8S. The molecule has 174 valence electrons. The molecule has 3 aromatic rings. The first-order chi connectivity index (χ1) is 16.2. The topological polar surface area (TPSA) is 67.4 Å². The van der Waals surface area contributed by atoms with Gasteiger partial charge in [-0.15, -0.1) is 5.11 Å². The average molecular weight is 473 g/mol. The summed E-state index contributed by atoms with van der Waals surface area (Å²) >= 11 is 1.49. The lowest BCUT2D eigenvalue weighted by Crippen LogP contribution is -2.22. The number of rotatable bonds is 8. The third-order valence-electron chi connectivity index (χ3n) is 5.24. The molecule has 34 heavy (non-hydrogen) atoms. The number of nitrogens with zero attached hydrogens (tertiary/aromatic N) is 8. The highest BCUT2D eigenvalue weighted by Gasteiger charge is 2.27. The van der Waals surface area contributed by atoms with Crippen molar-refractivity contribution in [3.8, 4) is 0 Å². The number of thiazole rings is 1. The van der Waals surface area contributed by atoms with Crippen molar-refractivity contribution in [3.63, 3.8) is 0 Å². The molecule has 0 aliphatic carbocycles. The molecule has 2 heterocycles. The summed E-state index contributed by atoms with van der Waals surface area (Å²) in [7, 11) is 0. The number of hydrogen-bond acceptors (Lipinski definition) is 6. The molecule has 0 radical (unpaired) electrons. The molecule has 1 aromatic carbocycles. The SMILES string of the molecule is [C-]#[N+]c1nc(/N=N/c2sc(N(CC)CC)nc2C(C)(C)C)n(Cc2ccc(C=C)cc2)c1[N+]#[C-]. The number of azo groups is 1. The van der Waals surface area contributed by atoms with Crippen LogP contribution >= 0.6 is 11.3 Å². The summed E-state index contributed by atoms with van der Waals surface area (Å²) in [6, 6.07) is 7.83. The normalized spacial score (nSPS) is 11.4. The largest absolute Gasteiger partial charge is 0.417 e. The van der Waals surface area contributed by atoms with Gasteiger partial charge in [-0.2, -0.15) is 0 Å². The summed E-state index contributed by atoms with van der Waals surface area (Å²) in [4.78, 5) is 18.3. The van der Waals surface area contributed by atoms with Gasteiger partial charge in [0.05, 0.1) is 5.69 Å². The minimum Gasteiger partial charge on any atom is -0.373 e. The van der Waals surface area contributed by atoms with E-state index in [0.29, 0.717) is 11.5 Å². The van der Waals surface area contributed by atoms with Gasteiger partial charge in [0.25, 0.3) is 11.6 Å². The molecule has 0 spiro atoms. The van der Waals surface area contributed by atoms with Gasteiger partial charge in [-0.25, -0.2) is 9.55 Å². The molecule has 0 aliphatic heterocycles. The Morgan fingerprint density at radius 1 is 1.09 bits per heavy atom. The Morgan fingerprint density at radius 2 is 1.76 bits per heavy atom. The van der Waals surface area contributed by atoms with Crippen LogP contribution in [0.1, 0.15) is 51.4 Å². The van der Waals surface area contributed by atoms with Gasteiger partial charge in [0.2, 0.25) is 0 Å². The number of imidazole rings is 1. The summed E-state index contributed by atoms with van der Waals surface area (Å²) in [5.74, 6) is 0.402. The maximum atomic E-state index is 7.60. The Labute approximate surface area is 205 Å². The molecule has 0 fully saturated rings. The number of benzene rings is 1. The number of aromatic nitrogens is 3. The van der Waals surface area contributed by atoms with Crippen molar-refractivity contribution in [3.05, 3.63) is 70.5 Å². The molecule has 9 heteroatoms. The van der Waals surface area contributed by atoms with Crippen LogP contribution in [-0.4, -0.2) is 27.6 Å². The fourth-order valence-corrected chi connectivity index (χ4v) is 4.57.